The van der Waals surface area contributed by atoms with Crippen LogP contribution in [0.5, 0.6) is 0 Å². The van der Waals surface area contributed by atoms with E-state index in [9.17, 15) is 4.79 Å². The molecular weight excluding hydrogens is 212 g/mol. The molecule has 1 heterocycles. The maximum atomic E-state index is 12.1. The van der Waals surface area contributed by atoms with Crippen molar-refractivity contribution in [2.75, 3.05) is 0 Å². The number of aromatic nitrogens is 1. The number of aryl methyl sites for hydroxylation is 1. The van der Waals surface area contributed by atoms with E-state index in [1.165, 1.54) is 4.57 Å². The molecule has 0 saturated carbocycles. The fraction of sp³-hybridized carbons (Fsp3) is 0.143. The van der Waals surface area contributed by atoms with Gasteiger partial charge < -0.3 is 0 Å². The smallest absolute Gasteiger partial charge is 0.273 e. The van der Waals surface area contributed by atoms with E-state index in [-0.39, 0.29) is 11.1 Å². The predicted molar refractivity (Wildman–Crippen MR) is 66.2 cm³/mol. The molecular formula is C14H12N2O. The summed E-state index contributed by atoms with van der Waals surface area (Å²) in [6, 6.07) is 11.3. The molecule has 0 radical (unpaired) electrons. The van der Waals surface area contributed by atoms with Gasteiger partial charge in [-0.15, -0.1) is 0 Å². The monoisotopic (exact) mass is 224 g/mol. The van der Waals surface area contributed by atoms with Gasteiger partial charge in [-0.25, -0.2) is 0 Å². The van der Waals surface area contributed by atoms with Crippen molar-refractivity contribution in [1.29, 1.82) is 5.26 Å². The number of pyridine rings is 1. The fourth-order valence-electron chi connectivity index (χ4n) is 1.74. The standard InChI is InChI=1S/C14H12N2O/c1-10-9-16(12-6-4-3-5-7-12)14(17)13(8-15)11(10)2/h3-7,9H,1-2H3. The first-order chi connectivity index (χ1) is 8.15. The topological polar surface area (TPSA) is 45.8 Å². The van der Waals surface area contributed by atoms with Crippen molar-refractivity contribution in [2.45, 2.75) is 13.8 Å². The second kappa shape index (κ2) is 4.26. The van der Waals surface area contributed by atoms with Crippen LogP contribution in [0.3, 0.4) is 0 Å². The summed E-state index contributed by atoms with van der Waals surface area (Å²) in [5.41, 5.74) is 2.42. The van der Waals surface area contributed by atoms with E-state index in [0.717, 1.165) is 16.8 Å². The van der Waals surface area contributed by atoms with E-state index in [0.29, 0.717) is 0 Å². The highest BCUT2D eigenvalue weighted by Gasteiger charge is 2.10. The van der Waals surface area contributed by atoms with Crippen LogP contribution in [0.2, 0.25) is 0 Å². The van der Waals surface area contributed by atoms with Gasteiger partial charge in [-0.1, -0.05) is 18.2 Å². The number of para-hydroxylation sites is 1. The zero-order chi connectivity index (χ0) is 12.4. The summed E-state index contributed by atoms with van der Waals surface area (Å²) in [6.07, 6.45) is 1.77. The summed E-state index contributed by atoms with van der Waals surface area (Å²) in [5, 5.41) is 9.03. The molecule has 0 fully saturated rings. The lowest BCUT2D eigenvalue weighted by molar-refractivity contribution is 0.956. The van der Waals surface area contributed by atoms with Gasteiger partial charge in [-0.3, -0.25) is 9.36 Å². The summed E-state index contributed by atoms with van der Waals surface area (Å²) in [6.45, 7) is 3.69. The van der Waals surface area contributed by atoms with Crippen LogP contribution in [-0.2, 0) is 0 Å². The highest BCUT2D eigenvalue weighted by Crippen LogP contribution is 2.11. The third-order valence-corrected chi connectivity index (χ3v) is 2.87. The maximum absolute atomic E-state index is 12.1. The van der Waals surface area contributed by atoms with Crippen molar-refractivity contribution >= 4 is 0 Å². The molecule has 0 aliphatic heterocycles. The summed E-state index contributed by atoms with van der Waals surface area (Å²) < 4.78 is 1.51. The molecule has 3 heteroatoms. The van der Waals surface area contributed by atoms with Crippen LogP contribution in [0.1, 0.15) is 16.7 Å². The van der Waals surface area contributed by atoms with Crippen LogP contribution in [0.4, 0.5) is 0 Å². The molecule has 0 amide bonds. The second-order valence-corrected chi connectivity index (χ2v) is 3.93. The van der Waals surface area contributed by atoms with Gasteiger partial charge in [0.15, 0.2) is 0 Å². The predicted octanol–water partition coefficient (Wildman–Crippen LogP) is 2.33. The molecule has 2 rings (SSSR count). The first-order valence-electron chi connectivity index (χ1n) is 5.33. The van der Waals surface area contributed by atoms with Crippen molar-refractivity contribution in [3.8, 4) is 11.8 Å². The second-order valence-electron chi connectivity index (χ2n) is 3.93. The molecule has 0 N–H and O–H groups in total. The Balaban J connectivity index is 2.79. The van der Waals surface area contributed by atoms with Crippen molar-refractivity contribution in [3.05, 3.63) is 63.6 Å². The summed E-state index contributed by atoms with van der Waals surface area (Å²) in [7, 11) is 0. The van der Waals surface area contributed by atoms with Crippen molar-refractivity contribution in [2.24, 2.45) is 0 Å². The zero-order valence-corrected chi connectivity index (χ0v) is 9.77. The quantitative estimate of drug-likeness (QED) is 0.746. The van der Waals surface area contributed by atoms with Gasteiger partial charge in [0.25, 0.3) is 5.56 Å². The largest absolute Gasteiger partial charge is 0.283 e. The SMILES string of the molecule is Cc1cn(-c2ccccc2)c(=O)c(C#N)c1C. The van der Waals surface area contributed by atoms with Gasteiger partial charge in [-0.2, -0.15) is 5.26 Å². The molecule has 0 spiro atoms. The molecule has 0 aliphatic rings. The van der Waals surface area contributed by atoms with Crippen LogP contribution in [-0.4, -0.2) is 4.57 Å². The van der Waals surface area contributed by atoms with Gasteiger partial charge in [-0.05, 0) is 37.1 Å². The van der Waals surface area contributed by atoms with E-state index >= 15 is 0 Å². The van der Waals surface area contributed by atoms with E-state index in [1.807, 2.05) is 43.3 Å². The normalized spacial score (nSPS) is 9.94. The van der Waals surface area contributed by atoms with Crippen LogP contribution in [0.15, 0.2) is 41.3 Å². The van der Waals surface area contributed by atoms with Gasteiger partial charge in [0.05, 0.1) is 0 Å². The number of hydrogen-bond acceptors (Lipinski definition) is 2. The first kappa shape index (κ1) is 11.2. The van der Waals surface area contributed by atoms with Gasteiger partial charge in [0.1, 0.15) is 11.6 Å². The maximum Gasteiger partial charge on any atom is 0.273 e. The van der Waals surface area contributed by atoms with E-state index in [2.05, 4.69) is 0 Å². The van der Waals surface area contributed by atoms with Gasteiger partial charge >= 0.3 is 0 Å². The number of hydrogen-bond donors (Lipinski definition) is 0. The van der Waals surface area contributed by atoms with Crippen LogP contribution < -0.4 is 5.56 Å². The Hall–Kier alpha value is -2.34. The molecule has 0 aliphatic carbocycles. The summed E-state index contributed by atoms with van der Waals surface area (Å²) in [4.78, 5) is 12.1. The number of rotatable bonds is 1. The van der Waals surface area contributed by atoms with Gasteiger partial charge in [0, 0.05) is 11.9 Å². The molecule has 3 nitrogen and oxygen atoms in total. The van der Waals surface area contributed by atoms with Crippen LogP contribution in [0, 0.1) is 25.2 Å². The fourth-order valence-corrected chi connectivity index (χ4v) is 1.74. The Morgan fingerprint density at radius 3 is 2.41 bits per heavy atom. The minimum absolute atomic E-state index is 0.217. The minimum atomic E-state index is -0.262. The lowest BCUT2D eigenvalue weighted by atomic mass is 10.1. The Kier molecular flexibility index (Phi) is 2.80. The Morgan fingerprint density at radius 2 is 1.82 bits per heavy atom. The molecule has 1 aromatic carbocycles. The number of nitriles is 1. The van der Waals surface area contributed by atoms with E-state index < -0.39 is 0 Å². The Bertz CT molecular complexity index is 648. The summed E-state index contributed by atoms with van der Waals surface area (Å²) >= 11 is 0. The van der Waals surface area contributed by atoms with Crippen LogP contribution in [0.25, 0.3) is 5.69 Å². The lowest BCUT2D eigenvalue weighted by Crippen LogP contribution is -2.22. The lowest BCUT2D eigenvalue weighted by Gasteiger charge is -2.09. The molecule has 0 bridgehead atoms. The third kappa shape index (κ3) is 1.85. The van der Waals surface area contributed by atoms with Crippen LogP contribution >= 0.6 is 0 Å². The zero-order valence-electron chi connectivity index (χ0n) is 9.77. The molecule has 17 heavy (non-hydrogen) atoms. The molecule has 0 atom stereocenters. The number of benzene rings is 1. The van der Waals surface area contributed by atoms with E-state index in [4.69, 9.17) is 5.26 Å². The molecule has 0 unspecified atom stereocenters. The minimum Gasteiger partial charge on any atom is -0.283 e. The molecule has 0 saturated heterocycles. The Labute approximate surface area is 99.6 Å². The molecule has 84 valence electrons. The Morgan fingerprint density at radius 1 is 1.18 bits per heavy atom. The number of nitrogens with zero attached hydrogens (tertiary/aromatic N) is 2. The average Bonchev–Trinajstić information content (AvgIpc) is 2.36. The van der Waals surface area contributed by atoms with Crippen molar-refractivity contribution < 1.29 is 0 Å². The highest BCUT2D eigenvalue weighted by atomic mass is 16.1. The average molecular weight is 224 g/mol. The van der Waals surface area contributed by atoms with Gasteiger partial charge in [0.2, 0.25) is 0 Å². The van der Waals surface area contributed by atoms with E-state index in [1.54, 1.807) is 13.1 Å². The molecule has 2 aromatic rings. The third-order valence-electron chi connectivity index (χ3n) is 2.87. The van der Waals surface area contributed by atoms with Crippen molar-refractivity contribution in [1.82, 2.24) is 4.57 Å². The summed E-state index contributed by atoms with van der Waals surface area (Å²) in [5.74, 6) is 0. The first-order valence-corrected chi connectivity index (χ1v) is 5.33. The van der Waals surface area contributed by atoms with Crippen molar-refractivity contribution in [3.63, 3.8) is 0 Å². The molecule has 1 aromatic heterocycles. The highest BCUT2D eigenvalue weighted by molar-refractivity contribution is 5.43.